The van der Waals surface area contributed by atoms with E-state index in [1.54, 1.807) is 24.3 Å². The van der Waals surface area contributed by atoms with Crippen LogP contribution < -0.4 is 10.2 Å². The summed E-state index contributed by atoms with van der Waals surface area (Å²) < 4.78 is 11.9. The summed E-state index contributed by atoms with van der Waals surface area (Å²) in [6, 6.07) is 16.1. The first kappa shape index (κ1) is 26.1. The van der Waals surface area contributed by atoms with Gasteiger partial charge >= 0.3 is 5.97 Å². The molecule has 198 valence electrons. The Morgan fingerprint density at radius 1 is 0.872 bits per heavy atom. The van der Waals surface area contributed by atoms with Gasteiger partial charge in [0.25, 0.3) is 11.8 Å². The van der Waals surface area contributed by atoms with Gasteiger partial charge in [-0.3, -0.25) is 19.3 Å². The topological polar surface area (TPSA) is 93.9 Å². The number of amides is 2. The molecule has 0 aliphatic carbocycles. The molecule has 1 aliphatic rings. The Kier molecular flexibility index (Phi) is 6.25. The first-order valence-electron chi connectivity index (χ1n) is 12.8. The molecule has 1 unspecified atom stereocenters. The lowest BCUT2D eigenvalue weighted by atomic mass is 9.86. The molecule has 1 atom stereocenters. The highest BCUT2D eigenvalue weighted by Crippen LogP contribution is 2.34. The molecule has 0 saturated carbocycles. The number of fused-ring (bicyclic) bond motifs is 2. The molecule has 3 aromatic carbocycles. The summed E-state index contributed by atoms with van der Waals surface area (Å²) in [6.07, 6.45) is 0. The summed E-state index contributed by atoms with van der Waals surface area (Å²) >= 11 is 0. The molecule has 4 aromatic rings. The van der Waals surface area contributed by atoms with Crippen molar-refractivity contribution in [2.45, 2.75) is 53.0 Å². The fourth-order valence-electron chi connectivity index (χ4n) is 4.69. The Labute approximate surface area is 226 Å². The van der Waals surface area contributed by atoms with Crippen LogP contribution in [0.3, 0.4) is 0 Å². The maximum absolute atomic E-state index is 13.7. The summed E-state index contributed by atoms with van der Waals surface area (Å²) in [6.45, 7) is 11.5. The van der Waals surface area contributed by atoms with Crippen molar-refractivity contribution in [2.75, 3.05) is 0 Å². The highest BCUT2D eigenvalue weighted by molar-refractivity contribution is 6.22. The Hall–Kier alpha value is -4.52. The van der Waals surface area contributed by atoms with E-state index in [1.165, 1.54) is 19.1 Å². The highest BCUT2D eigenvalue weighted by atomic mass is 16.5. The van der Waals surface area contributed by atoms with Gasteiger partial charge in [-0.15, -0.1) is 0 Å². The Morgan fingerprint density at radius 2 is 1.44 bits per heavy atom. The Balaban J connectivity index is 1.59. The monoisotopic (exact) mass is 523 g/mol. The van der Waals surface area contributed by atoms with E-state index in [2.05, 4.69) is 20.8 Å². The van der Waals surface area contributed by atoms with Crippen molar-refractivity contribution in [3.05, 3.63) is 98.7 Å². The fourth-order valence-corrected chi connectivity index (χ4v) is 4.69. The zero-order valence-corrected chi connectivity index (χ0v) is 22.7. The third-order valence-corrected chi connectivity index (χ3v) is 7.23. The van der Waals surface area contributed by atoms with Crippen LogP contribution in [-0.2, 0) is 10.2 Å². The third-order valence-electron chi connectivity index (χ3n) is 7.23. The molecule has 0 saturated heterocycles. The standard InChI is InChI=1S/C32H29NO6/c1-17-15-24-25(16-18(17)2)38-27(20-11-13-21(14-12-20)32(4,5)6)28(26(24)34)39-31(37)19(3)33-29(35)22-9-7-8-10-23(22)30(33)36/h7-16,19H,1-6H3. The lowest BCUT2D eigenvalue weighted by molar-refractivity contribution is -0.138. The van der Waals surface area contributed by atoms with Crippen LogP contribution in [0.15, 0.2) is 69.9 Å². The number of nitrogens with zero attached hydrogens (tertiary/aromatic N) is 1. The number of benzene rings is 3. The second-order valence-electron chi connectivity index (χ2n) is 11.0. The predicted octanol–water partition coefficient (Wildman–Crippen LogP) is 5.96. The molecule has 0 spiro atoms. The fraction of sp³-hybridized carbons (Fsp3) is 0.250. The van der Waals surface area contributed by atoms with E-state index in [1.807, 2.05) is 38.1 Å². The molecule has 7 nitrogen and oxygen atoms in total. The van der Waals surface area contributed by atoms with E-state index in [0.29, 0.717) is 11.1 Å². The molecule has 2 amide bonds. The van der Waals surface area contributed by atoms with Crippen LogP contribution in [-0.4, -0.2) is 28.7 Å². The van der Waals surface area contributed by atoms with Gasteiger partial charge in [0.1, 0.15) is 11.6 Å². The van der Waals surface area contributed by atoms with E-state index in [-0.39, 0.29) is 33.4 Å². The quantitative estimate of drug-likeness (QED) is 0.242. The zero-order chi connectivity index (χ0) is 28.2. The molecule has 1 aliphatic heterocycles. The van der Waals surface area contributed by atoms with Gasteiger partial charge in [0.2, 0.25) is 11.2 Å². The van der Waals surface area contributed by atoms with Gasteiger partial charge in [-0.05, 0) is 67.1 Å². The second kappa shape index (κ2) is 9.34. The summed E-state index contributed by atoms with van der Waals surface area (Å²) in [4.78, 5) is 53.8. The average molecular weight is 524 g/mol. The SMILES string of the molecule is Cc1cc2oc(-c3ccc(C(C)(C)C)cc3)c(OC(=O)C(C)N3C(=O)c4ccccc4C3=O)c(=O)c2cc1C. The molecular weight excluding hydrogens is 494 g/mol. The third kappa shape index (κ3) is 4.44. The van der Waals surface area contributed by atoms with Gasteiger partial charge < -0.3 is 9.15 Å². The predicted molar refractivity (Wildman–Crippen MR) is 148 cm³/mol. The number of imide groups is 1. The first-order valence-corrected chi connectivity index (χ1v) is 12.8. The van der Waals surface area contributed by atoms with E-state index >= 15 is 0 Å². The van der Waals surface area contributed by atoms with Crippen LogP contribution in [0.1, 0.15) is 65.1 Å². The van der Waals surface area contributed by atoms with E-state index < -0.39 is 29.3 Å². The van der Waals surface area contributed by atoms with Crippen LogP contribution in [0.4, 0.5) is 0 Å². The number of carbonyl (C=O) groups excluding carboxylic acids is 3. The van der Waals surface area contributed by atoms with Crippen LogP contribution in [0.5, 0.6) is 5.75 Å². The van der Waals surface area contributed by atoms with Gasteiger partial charge in [0.05, 0.1) is 16.5 Å². The molecule has 0 N–H and O–H groups in total. The van der Waals surface area contributed by atoms with Gasteiger partial charge in [0, 0.05) is 5.56 Å². The van der Waals surface area contributed by atoms with Crippen molar-refractivity contribution in [2.24, 2.45) is 0 Å². The molecule has 5 rings (SSSR count). The molecule has 1 aromatic heterocycles. The van der Waals surface area contributed by atoms with Crippen molar-refractivity contribution in [3.63, 3.8) is 0 Å². The minimum atomic E-state index is -1.27. The summed E-state index contributed by atoms with van der Waals surface area (Å²) in [5.41, 5.74) is 3.67. The number of esters is 1. The summed E-state index contributed by atoms with van der Waals surface area (Å²) in [7, 11) is 0. The molecule has 0 radical (unpaired) electrons. The van der Waals surface area contributed by atoms with Crippen LogP contribution >= 0.6 is 0 Å². The lowest BCUT2D eigenvalue weighted by Crippen LogP contribution is -2.45. The number of hydrogen-bond acceptors (Lipinski definition) is 6. The van der Waals surface area contributed by atoms with Crippen molar-refractivity contribution >= 4 is 28.8 Å². The molecular formula is C32H29NO6. The number of rotatable bonds is 4. The highest BCUT2D eigenvalue weighted by Gasteiger charge is 2.41. The Bertz CT molecular complexity index is 1690. The van der Waals surface area contributed by atoms with Crippen LogP contribution in [0, 0.1) is 13.8 Å². The molecule has 39 heavy (non-hydrogen) atoms. The maximum Gasteiger partial charge on any atom is 0.334 e. The van der Waals surface area contributed by atoms with Crippen LogP contribution in [0.2, 0.25) is 0 Å². The van der Waals surface area contributed by atoms with E-state index in [4.69, 9.17) is 9.15 Å². The average Bonchev–Trinajstić information content (AvgIpc) is 3.15. The number of ether oxygens (including phenoxy) is 1. The molecule has 7 heteroatoms. The lowest BCUT2D eigenvalue weighted by Gasteiger charge is -2.21. The maximum atomic E-state index is 13.7. The minimum Gasteiger partial charge on any atom is -0.452 e. The minimum absolute atomic E-state index is 0.0888. The summed E-state index contributed by atoms with van der Waals surface area (Å²) in [5, 5.41) is 0.268. The van der Waals surface area contributed by atoms with Crippen molar-refractivity contribution in [1.29, 1.82) is 0 Å². The second-order valence-corrected chi connectivity index (χ2v) is 11.0. The van der Waals surface area contributed by atoms with Crippen LogP contribution in [0.25, 0.3) is 22.3 Å². The summed E-state index contributed by atoms with van der Waals surface area (Å²) in [5.74, 6) is -2.29. The van der Waals surface area contributed by atoms with Gasteiger partial charge in [0.15, 0.2) is 5.76 Å². The Morgan fingerprint density at radius 3 is 2.00 bits per heavy atom. The smallest absolute Gasteiger partial charge is 0.334 e. The molecule has 0 fully saturated rings. The van der Waals surface area contributed by atoms with Crippen molar-refractivity contribution in [3.8, 4) is 17.1 Å². The van der Waals surface area contributed by atoms with Crippen molar-refractivity contribution < 1.29 is 23.5 Å². The van der Waals surface area contributed by atoms with Gasteiger partial charge in [-0.25, -0.2) is 4.79 Å². The molecule has 0 bridgehead atoms. The van der Waals surface area contributed by atoms with Gasteiger partial charge in [-0.2, -0.15) is 0 Å². The number of carbonyl (C=O) groups is 3. The van der Waals surface area contributed by atoms with Gasteiger partial charge in [-0.1, -0.05) is 57.2 Å². The normalized spacial score (nSPS) is 14.1. The zero-order valence-electron chi connectivity index (χ0n) is 22.7. The largest absolute Gasteiger partial charge is 0.452 e. The number of hydrogen-bond donors (Lipinski definition) is 0. The van der Waals surface area contributed by atoms with Crippen molar-refractivity contribution in [1.82, 2.24) is 4.90 Å². The number of aryl methyl sites for hydroxylation is 2. The van der Waals surface area contributed by atoms with E-state index in [9.17, 15) is 19.2 Å². The first-order chi connectivity index (χ1) is 18.4. The molecule has 2 heterocycles. The van der Waals surface area contributed by atoms with E-state index in [0.717, 1.165) is 21.6 Å².